The van der Waals surface area contributed by atoms with Crippen LogP contribution in [0.3, 0.4) is 0 Å². The summed E-state index contributed by atoms with van der Waals surface area (Å²) in [6.45, 7) is 0. The summed E-state index contributed by atoms with van der Waals surface area (Å²) in [6, 6.07) is 12.7. The highest BCUT2D eigenvalue weighted by Gasteiger charge is 2.52. The number of pyridine rings is 2. The molecular weight excluding hydrogens is 625 g/mol. The molecule has 0 aliphatic carbocycles. The van der Waals surface area contributed by atoms with Crippen LogP contribution in [0.4, 0.5) is 0 Å². The molecule has 0 spiro atoms. The highest BCUT2D eigenvalue weighted by molar-refractivity contribution is 7.93. The fraction of sp³-hybridized carbons (Fsp3) is 0.308. The van der Waals surface area contributed by atoms with Gasteiger partial charge in [0.1, 0.15) is 9.79 Å². The molecular formula is C26H26N4O8S4. The quantitative estimate of drug-likeness (QED) is 0.269. The number of hydrazine groups is 1. The van der Waals surface area contributed by atoms with E-state index in [0.29, 0.717) is 19.6 Å². The molecule has 2 aromatic heterocycles. The van der Waals surface area contributed by atoms with E-state index < -0.39 is 63.3 Å². The maximum atomic E-state index is 14.7. The summed E-state index contributed by atoms with van der Waals surface area (Å²) in [6.07, 6.45) is 2.43. The zero-order valence-corrected chi connectivity index (χ0v) is 25.3. The normalized spacial score (nSPS) is 22.3. The highest BCUT2D eigenvalue weighted by atomic mass is 32.2. The molecule has 0 saturated carbocycles. The molecule has 0 N–H and O–H groups in total. The minimum absolute atomic E-state index is 0.0640. The smallest absolute Gasteiger partial charge is 0.255 e. The number of benzene rings is 2. The molecule has 42 heavy (non-hydrogen) atoms. The van der Waals surface area contributed by atoms with E-state index in [0.717, 1.165) is 0 Å². The van der Waals surface area contributed by atoms with Crippen LogP contribution in [0, 0.1) is 0 Å². The van der Waals surface area contributed by atoms with Crippen molar-refractivity contribution in [1.82, 2.24) is 18.8 Å². The number of hydrogen-bond acceptors (Lipinski definition) is 10. The first-order valence-electron chi connectivity index (χ1n) is 13.0. The van der Waals surface area contributed by atoms with Gasteiger partial charge in [0.05, 0.1) is 46.1 Å². The van der Waals surface area contributed by atoms with Gasteiger partial charge in [-0.05, 0) is 37.1 Å². The largest absolute Gasteiger partial charge is 0.259 e. The molecule has 12 nitrogen and oxygen atoms in total. The Bertz CT molecular complexity index is 1990. The predicted octanol–water partition coefficient (Wildman–Crippen LogP) is 1.75. The van der Waals surface area contributed by atoms with Crippen LogP contribution in [0.25, 0.3) is 21.8 Å². The van der Waals surface area contributed by atoms with Crippen LogP contribution in [0.2, 0.25) is 0 Å². The predicted molar refractivity (Wildman–Crippen MR) is 156 cm³/mol. The summed E-state index contributed by atoms with van der Waals surface area (Å²) in [7, 11) is -17.1. The van der Waals surface area contributed by atoms with Crippen LogP contribution in [-0.4, -0.2) is 87.6 Å². The van der Waals surface area contributed by atoms with Crippen LogP contribution in [-0.2, 0) is 39.7 Å². The van der Waals surface area contributed by atoms with Crippen molar-refractivity contribution in [3.8, 4) is 0 Å². The number of sulfone groups is 2. The van der Waals surface area contributed by atoms with E-state index in [4.69, 9.17) is 0 Å². The third kappa shape index (κ3) is 5.09. The van der Waals surface area contributed by atoms with Gasteiger partial charge in [0.2, 0.25) is 0 Å². The van der Waals surface area contributed by atoms with Gasteiger partial charge < -0.3 is 0 Å². The van der Waals surface area contributed by atoms with Crippen molar-refractivity contribution in [2.24, 2.45) is 0 Å². The van der Waals surface area contributed by atoms with Crippen LogP contribution in [0.1, 0.15) is 12.8 Å². The molecule has 2 fully saturated rings. The number of aromatic nitrogens is 2. The van der Waals surface area contributed by atoms with E-state index in [2.05, 4.69) is 9.97 Å². The third-order valence-corrected chi connectivity index (χ3v) is 14.8. The van der Waals surface area contributed by atoms with Gasteiger partial charge >= 0.3 is 0 Å². The second kappa shape index (κ2) is 10.3. The Morgan fingerprint density at radius 1 is 0.595 bits per heavy atom. The van der Waals surface area contributed by atoms with Crippen LogP contribution >= 0.6 is 0 Å². The van der Waals surface area contributed by atoms with E-state index >= 15 is 0 Å². The fourth-order valence-electron chi connectivity index (χ4n) is 5.60. The first-order valence-corrected chi connectivity index (χ1v) is 19.5. The molecule has 16 heteroatoms. The van der Waals surface area contributed by atoms with Crippen molar-refractivity contribution < 1.29 is 33.7 Å². The standard InChI is InChI=1S/C26H26N4O8S4/c31-39(32)15-11-21(17-39)29(41(35,36)23-9-1-5-19-7-3-13-27-25(19)23)30(22-12-16-40(33,34)18-22)42(37,38)24-10-2-6-20-8-4-14-28-26(20)24/h1-10,13-14,21-22H,11-12,15-18H2/t21-,22+. The number of rotatable bonds is 7. The molecule has 222 valence electrons. The number of nitrogens with zero attached hydrogens (tertiary/aromatic N) is 4. The molecule has 2 aliphatic heterocycles. The monoisotopic (exact) mass is 650 g/mol. The minimum atomic E-state index is -4.84. The topological polar surface area (TPSA) is 169 Å². The lowest BCUT2D eigenvalue weighted by atomic mass is 10.2. The summed E-state index contributed by atoms with van der Waals surface area (Å²) in [5, 5.41) is 0.933. The van der Waals surface area contributed by atoms with Crippen molar-refractivity contribution >= 4 is 61.5 Å². The molecule has 0 bridgehead atoms. The molecule has 0 radical (unpaired) electrons. The minimum Gasteiger partial charge on any atom is -0.255 e. The van der Waals surface area contributed by atoms with Crippen LogP contribution in [0.15, 0.2) is 82.8 Å². The Balaban J connectivity index is 1.64. The number of fused-ring (bicyclic) bond motifs is 2. The lowest BCUT2D eigenvalue weighted by Gasteiger charge is -2.39. The summed E-state index contributed by atoms with van der Waals surface area (Å²) in [5.74, 6) is -1.98. The molecule has 4 heterocycles. The Morgan fingerprint density at radius 3 is 1.33 bits per heavy atom. The molecule has 4 aromatic rings. The summed E-state index contributed by atoms with van der Waals surface area (Å²) in [4.78, 5) is 7.79. The van der Waals surface area contributed by atoms with Gasteiger partial charge in [0.25, 0.3) is 20.0 Å². The average Bonchev–Trinajstić information content (AvgIpc) is 3.50. The van der Waals surface area contributed by atoms with Crippen molar-refractivity contribution in [2.75, 3.05) is 23.0 Å². The maximum Gasteiger partial charge on any atom is 0.259 e. The first kappa shape index (κ1) is 29.1. The van der Waals surface area contributed by atoms with Gasteiger partial charge in [-0.3, -0.25) is 9.97 Å². The molecule has 6 rings (SSSR count). The van der Waals surface area contributed by atoms with Gasteiger partial charge in [-0.1, -0.05) is 36.4 Å². The lowest BCUT2D eigenvalue weighted by molar-refractivity contribution is 0.0890. The van der Waals surface area contributed by atoms with Gasteiger partial charge in [-0.25, -0.2) is 33.7 Å². The molecule has 0 amide bonds. The maximum absolute atomic E-state index is 14.7. The number of hydrogen-bond donors (Lipinski definition) is 0. The van der Waals surface area contributed by atoms with Gasteiger partial charge in [0, 0.05) is 23.2 Å². The zero-order valence-electron chi connectivity index (χ0n) is 22.0. The van der Waals surface area contributed by atoms with Crippen molar-refractivity contribution in [1.29, 1.82) is 0 Å². The summed E-state index contributed by atoms with van der Waals surface area (Å²) in [5.41, 5.74) is 0.128. The van der Waals surface area contributed by atoms with Crippen LogP contribution in [0.5, 0.6) is 0 Å². The zero-order chi connectivity index (χ0) is 29.9. The average molecular weight is 651 g/mol. The van der Waals surface area contributed by atoms with Crippen molar-refractivity contribution in [2.45, 2.75) is 34.7 Å². The molecule has 2 atom stereocenters. The Kier molecular flexibility index (Phi) is 7.14. The van der Waals surface area contributed by atoms with E-state index in [9.17, 15) is 33.7 Å². The van der Waals surface area contributed by atoms with E-state index in [1.165, 1.54) is 36.7 Å². The van der Waals surface area contributed by atoms with Crippen LogP contribution < -0.4 is 0 Å². The van der Waals surface area contributed by atoms with Gasteiger partial charge in [-0.15, -0.1) is 8.83 Å². The van der Waals surface area contributed by atoms with E-state index in [1.807, 2.05) is 0 Å². The van der Waals surface area contributed by atoms with E-state index in [1.54, 1.807) is 36.4 Å². The number of sulfonamides is 2. The van der Waals surface area contributed by atoms with Crippen molar-refractivity contribution in [3.63, 3.8) is 0 Å². The lowest BCUT2D eigenvalue weighted by Crippen LogP contribution is -2.58. The molecule has 2 saturated heterocycles. The third-order valence-electron chi connectivity index (χ3n) is 7.48. The first-order chi connectivity index (χ1) is 19.8. The SMILES string of the molecule is O=S1(=O)CC[C@@H](N(N([C@H]2CCS(=O)(=O)C2)S(=O)(=O)c2cccc3cccnc23)S(=O)(=O)c2cccc3cccnc23)C1. The molecule has 2 aliphatic rings. The summed E-state index contributed by atoms with van der Waals surface area (Å²) < 4.78 is 110. The van der Waals surface area contributed by atoms with Gasteiger partial charge in [-0.2, -0.15) is 0 Å². The molecule has 0 unspecified atom stereocenters. The molecule has 2 aromatic carbocycles. The Morgan fingerprint density at radius 2 is 0.976 bits per heavy atom. The second-order valence-electron chi connectivity index (χ2n) is 10.3. The Hall–Kier alpha value is -3.02. The Labute approximate surface area is 243 Å². The number of para-hydroxylation sites is 2. The highest BCUT2D eigenvalue weighted by Crippen LogP contribution is 2.37. The fourth-order valence-corrected chi connectivity index (χ4v) is 13.3. The summed E-state index contributed by atoms with van der Waals surface area (Å²) >= 11 is 0. The van der Waals surface area contributed by atoms with E-state index in [-0.39, 0.29) is 45.2 Å². The van der Waals surface area contributed by atoms with Crippen molar-refractivity contribution in [3.05, 3.63) is 73.1 Å². The van der Waals surface area contributed by atoms with Gasteiger partial charge in [0.15, 0.2) is 19.7 Å². The second-order valence-corrected chi connectivity index (χ2v) is 18.3.